The van der Waals surface area contributed by atoms with E-state index in [1.807, 2.05) is 42.8 Å². The third-order valence-electron chi connectivity index (χ3n) is 5.05. The number of aromatic nitrogens is 3. The first kappa shape index (κ1) is 25.7. The van der Waals surface area contributed by atoms with E-state index in [-0.39, 0.29) is 24.9 Å². The van der Waals surface area contributed by atoms with Crippen molar-refractivity contribution in [3.63, 3.8) is 0 Å². The van der Waals surface area contributed by atoms with Crippen LogP contribution in [-0.2, 0) is 23.2 Å². The van der Waals surface area contributed by atoms with Crippen LogP contribution in [-0.4, -0.2) is 39.0 Å². The van der Waals surface area contributed by atoms with Crippen LogP contribution in [0, 0.1) is 0 Å². The molecule has 0 saturated heterocycles. The Balaban J connectivity index is 1.39. The highest BCUT2D eigenvalue weighted by Crippen LogP contribution is 2.36. The number of nitrogens with zero attached hydrogens (tertiary/aromatic N) is 3. The molecule has 0 fully saturated rings. The maximum atomic E-state index is 12.8. The molecule has 1 amide bonds. The fourth-order valence-corrected chi connectivity index (χ4v) is 5.08. The summed E-state index contributed by atoms with van der Waals surface area (Å²) in [4.78, 5) is 25.4. The Morgan fingerprint density at radius 1 is 1.11 bits per heavy atom. The van der Waals surface area contributed by atoms with Gasteiger partial charge in [0.2, 0.25) is 5.91 Å². The largest absolute Gasteiger partial charge is 0.486 e. The molecule has 0 saturated carbocycles. The van der Waals surface area contributed by atoms with Gasteiger partial charge in [-0.1, -0.05) is 53.7 Å². The predicted octanol–water partition coefficient (Wildman–Crippen LogP) is 5.68. The topological polar surface area (TPSA) is 95.3 Å². The van der Waals surface area contributed by atoms with E-state index in [2.05, 4.69) is 15.5 Å². The zero-order valence-corrected chi connectivity index (χ0v) is 22.0. The summed E-state index contributed by atoms with van der Waals surface area (Å²) < 4.78 is 12.8. The third-order valence-corrected chi connectivity index (χ3v) is 7.21. The minimum atomic E-state index is -0.473. The van der Waals surface area contributed by atoms with E-state index < -0.39 is 5.97 Å². The van der Waals surface area contributed by atoms with Gasteiger partial charge in [0.15, 0.2) is 11.0 Å². The molecule has 11 heteroatoms. The zero-order chi connectivity index (χ0) is 25.5. The number of halogens is 1. The van der Waals surface area contributed by atoms with E-state index >= 15 is 0 Å². The lowest BCUT2D eigenvalue weighted by molar-refractivity contribution is -0.113. The number of benzene rings is 2. The van der Waals surface area contributed by atoms with Crippen molar-refractivity contribution >= 4 is 51.6 Å². The third kappa shape index (κ3) is 6.26. The summed E-state index contributed by atoms with van der Waals surface area (Å²) in [5.41, 5.74) is 1.95. The summed E-state index contributed by atoms with van der Waals surface area (Å²) in [7, 11) is 1.81. The van der Waals surface area contributed by atoms with E-state index in [0.29, 0.717) is 32.3 Å². The first-order valence-corrected chi connectivity index (χ1v) is 13.2. The second-order valence-corrected chi connectivity index (χ2v) is 9.74. The van der Waals surface area contributed by atoms with Crippen molar-refractivity contribution in [3.8, 4) is 16.9 Å². The minimum absolute atomic E-state index is 0.0881. The molecule has 186 valence electrons. The van der Waals surface area contributed by atoms with Gasteiger partial charge in [0.05, 0.1) is 12.4 Å². The molecule has 0 unspecified atom stereocenters. The molecule has 0 aliphatic carbocycles. The summed E-state index contributed by atoms with van der Waals surface area (Å²) in [6.07, 6.45) is 0. The van der Waals surface area contributed by atoms with E-state index in [1.165, 1.54) is 23.1 Å². The van der Waals surface area contributed by atoms with Crippen LogP contribution in [0.25, 0.3) is 11.1 Å². The van der Waals surface area contributed by atoms with Crippen molar-refractivity contribution in [3.05, 3.63) is 76.4 Å². The number of anilines is 1. The van der Waals surface area contributed by atoms with Gasteiger partial charge in [-0.05, 0) is 36.8 Å². The molecule has 2 aromatic carbocycles. The molecular weight excluding hydrogens is 520 g/mol. The van der Waals surface area contributed by atoms with Gasteiger partial charge in [-0.15, -0.1) is 21.5 Å². The molecule has 0 aliphatic heterocycles. The highest BCUT2D eigenvalue weighted by Gasteiger charge is 2.23. The van der Waals surface area contributed by atoms with Crippen molar-refractivity contribution in [1.29, 1.82) is 0 Å². The van der Waals surface area contributed by atoms with Crippen molar-refractivity contribution in [2.24, 2.45) is 7.05 Å². The summed E-state index contributed by atoms with van der Waals surface area (Å²) in [5, 5.41) is 14.7. The number of carbonyl (C=O) groups excluding carboxylic acids is 2. The van der Waals surface area contributed by atoms with Gasteiger partial charge < -0.3 is 19.4 Å². The second kappa shape index (κ2) is 12.1. The first-order chi connectivity index (χ1) is 17.5. The van der Waals surface area contributed by atoms with Crippen molar-refractivity contribution in [2.75, 3.05) is 17.7 Å². The standard InChI is InChI=1S/C25H23ClN4O4S2/c1-3-33-24(32)22-19(16-7-5-4-6-8-16)14-35-23(22)27-21(31)15-36-25-29-28-20(30(25)2)13-34-18-11-9-17(26)10-12-18/h4-12,14H,3,13,15H2,1-2H3,(H,27,31). The Bertz CT molecular complexity index is 1340. The Kier molecular flexibility index (Phi) is 8.63. The summed E-state index contributed by atoms with van der Waals surface area (Å²) >= 11 is 8.42. The maximum absolute atomic E-state index is 12.8. The quantitative estimate of drug-likeness (QED) is 0.203. The lowest BCUT2D eigenvalue weighted by Crippen LogP contribution is -2.16. The van der Waals surface area contributed by atoms with Crippen LogP contribution in [0.4, 0.5) is 5.00 Å². The lowest BCUT2D eigenvalue weighted by atomic mass is 10.0. The monoisotopic (exact) mass is 542 g/mol. The number of carbonyl (C=O) groups is 2. The molecule has 1 N–H and O–H groups in total. The fraction of sp³-hybridized carbons (Fsp3) is 0.200. The van der Waals surface area contributed by atoms with E-state index in [0.717, 1.165) is 11.1 Å². The van der Waals surface area contributed by atoms with Crippen LogP contribution in [0.2, 0.25) is 5.02 Å². The molecule has 2 heterocycles. The zero-order valence-electron chi connectivity index (χ0n) is 19.6. The molecule has 8 nitrogen and oxygen atoms in total. The number of hydrogen-bond donors (Lipinski definition) is 1. The van der Waals surface area contributed by atoms with Gasteiger partial charge in [-0.2, -0.15) is 0 Å². The SMILES string of the molecule is CCOC(=O)c1c(-c2ccccc2)csc1NC(=O)CSc1nnc(COc2ccc(Cl)cc2)n1C. The molecule has 0 spiro atoms. The number of thioether (sulfide) groups is 1. The molecule has 4 aromatic rings. The molecule has 0 radical (unpaired) electrons. The summed E-state index contributed by atoms with van der Waals surface area (Å²) in [6, 6.07) is 16.6. The van der Waals surface area contributed by atoms with E-state index in [4.69, 9.17) is 21.1 Å². The Morgan fingerprint density at radius 3 is 2.58 bits per heavy atom. The average molecular weight is 543 g/mol. The van der Waals surface area contributed by atoms with Gasteiger partial charge in [0.25, 0.3) is 0 Å². The predicted molar refractivity (Wildman–Crippen MR) is 142 cm³/mol. The number of thiophene rings is 1. The lowest BCUT2D eigenvalue weighted by Gasteiger charge is -2.09. The number of hydrogen-bond acceptors (Lipinski definition) is 8. The van der Waals surface area contributed by atoms with Crippen LogP contribution in [0.15, 0.2) is 65.1 Å². The first-order valence-electron chi connectivity index (χ1n) is 11.0. The van der Waals surface area contributed by atoms with Crippen molar-refractivity contribution < 1.29 is 19.1 Å². The van der Waals surface area contributed by atoms with Gasteiger partial charge in [0, 0.05) is 23.0 Å². The molecule has 0 aliphatic rings. The highest BCUT2D eigenvalue weighted by atomic mass is 35.5. The van der Waals surface area contributed by atoms with Crippen LogP contribution in [0.3, 0.4) is 0 Å². The fourth-order valence-electron chi connectivity index (χ4n) is 3.25. The van der Waals surface area contributed by atoms with Gasteiger partial charge in [0.1, 0.15) is 22.9 Å². The van der Waals surface area contributed by atoms with Crippen LogP contribution in [0.1, 0.15) is 23.1 Å². The Hall–Kier alpha value is -3.34. The Labute approximate surface area is 221 Å². The van der Waals surface area contributed by atoms with E-state index in [1.54, 1.807) is 35.8 Å². The van der Waals surface area contributed by atoms with Crippen LogP contribution in [0.5, 0.6) is 5.75 Å². The number of nitrogens with one attached hydrogen (secondary N) is 1. The van der Waals surface area contributed by atoms with Crippen LogP contribution >= 0.6 is 34.7 Å². The number of amides is 1. The molecule has 4 rings (SSSR count). The van der Waals surface area contributed by atoms with Crippen molar-refractivity contribution in [2.45, 2.75) is 18.7 Å². The van der Waals surface area contributed by atoms with Crippen LogP contribution < -0.4 is 10.1 Å². The maximum Gasteiger partial charge on any atom is 0.341 e. The Morgan fingerprint density at radius 2 is 1.86 bits per heavy atom. The van der Waals surface area contributed by atoms with Gasteiger partial charge >= 0.3 is 5.97 Å². The number of ether oxygens (including phenoxy) is 2. The number of rotatable bonds is 10. The smallest absolute Gasteiger partial charge is 0.341 e. The normalized spacial score (nSPS) is 10.8. The molecule has 2 aromatic heterocycles. The molecule has 0 atom stereocenters. The summed E-state index contributed by atoms with van der Waals surface area (Å²) in [6.45, 7) is 2.21. The number of esters is 1. The van der Waals surface area contributed by atoms with Gasteiger partial charge in [-0.3, -0.25) is 4.79 Å². The van der Waals surface area contributed by atoms with E-state index in [9.17, 15) is 9.59 Å². The second-order valence-electron chi connectivity index (χ2n) is 7.48. The van der Waals surface area contributed by atoms with Crippen molar-refractivity contribution in [1.82, 2.24) is 14.8 Å². The molecule has 0 bridgehead atoms. The highest BCUT2D eigenvalue weighted by molar-refractivity contribution is 7.99. The average Bonchev–Trinajstić information content (AvgIpc) is 3.46. The molecular formula is C25H23ClN4O4S2. The van der Waals surface area contributed by atoms with Gasteiger partial charge in [-0.25, -0.2) is 4.79 Å². The summed E-state index contributed by atoms with van der Waals surface area (Å²) in [5.74, 6) is 0.626. The minimum Gasteiger partial charge on any atom is -0.486 e. The molecule has 36 heavy (non-hydrogen) atoms.